The lowest BCUT2D eigenvalue weighted by atomic mass is 10.1. The van der Waals surface area contributed by atoms with Crippen molar-refractivity contribution in [2.45, 2.75) is 4.90 Å². The molecule has 0 bridgehead atoms. The average molecular weight is 379 g/mol. The van der Waals surface area contributed by atoms with Gasteiger partial charge in [0, 0.05) is 30.6 Å². The van der Waals surface area contributed by atoms with Crippen molar-refractivity contribution in [2.24, 2.45) is 0 Å². The molecule has 0 fully saturated rings. The van der Waals surface area contributed by atoms with Crippen molar-refractivity contribution in [1.82, 2.24) is 0 Å². The third-order valence-corrected chi connectivity index (χ3v) is 5.53. The van der Waals surface area contributed by atoms with Gasteiger partial charge in [0.2, 0.25) is 0 Å². The van der Waals surface area contributed by atoms with E-state index in [1.54, 1.807) is 12.1 Å². The molecule has 0 unspecified atom stereocenters. The number of sulfonamides is 1. The molecule has 3 rings (SSSR count). The molecule has 0 radical (unpaired) electrons. The summed E-state index contributed by atoms with van der Waals surface area (Å²) in [6, 6.07) is 14.3. The SMILES string of the molecule is CN(C)c1cccc2c(S(=O)(=O)Nc3ccc(F)c(Cl)c3)cccc12. The van der Waals surface area contributed by atoms with Gasteiger partial charge in [-0.05, 0) is 30.3 Å². The fourth-order valence-corrected chi connectivity index (χ4v) is 4.11. The molecule has 0 aliphatic carbocycles. The third kappa shape index (κ3) is 3.41. The van der Waals surface area contributed by atoms with E-state index in [9.17, 15) is 12.8 Å². The largest absolute Gasteiger partial charge is 0.377 e. The molecule has 3 aromatic rings. The Balaban J connectivity index is 2.11. The summed E-state index contributed by atoms with van der Waals surface area (Å²) in [4.78, 5) is 2.07. The van der Waals surface area contributed by atoms with Crippen LogP contribution in [0.1, 0.15) is 0 Å². The lowest BCUT2D eigenvalue weighted by Crippen LogP contribution is -2.14. The molecule has 0 aliphatic heterocycles. The molecular weight excluding hydrogens is 363 g/mol. The van der Waals surface area contributed by atoms with Gasteiger partial charge in [-0.1, -0.05) is 35.9 Å². The average Bonchev–Trinajstić information content (AvgIpc) is 2.56. The van der Waals surface area contributed by atoms with Crippen molar-refractivity contribution in [3.05, 3.63) is 65.4 Å². The number of benzene rings is 3. The Morgan fingerprint density at radius 3 is 2.36 bits per heavy atom. The van der Waals surface area contributed by atoms with Gasteiger partial charge in [0.1, 0.15) is 5.82 Å². The van der Waals surface area contributed by atoms with Crippen molar-refractivity contribution < 1.29 is 12.8 Å². The van der Waals surface area contributed by atoms with Gasteiger partial charge >= 0.3 is 0 Å². The van der Waals surface area contributed by atoms with Crippen LogP contribution in [-0.2, 0) is 10.0 Å². The maximum atomic E-state index is 13.3. The summed E-state index contributed by atoms with van der Waals surface area (Å²) in [7, 11) is -0.0665. The summed E-state index contributed by atoms with van der Waals surface area (Å²) < 4.78 is 41.4. The zero-order valence-corrected chi connectivity index (χ0v) is 15.2. The molecule has 0 amide bonds. The minimum Gasteiger partial charge on any atom is -0.377 e. The zero-order valence-electron chi connectivity index (χ0n) is 13.6. The van der Waals surface area contributed by atoms with Crippen LogP contribution in [0.3, 0.4) is 0 Å². The predicted octanol–water partition coefficient (Wildman–Crippen LogP) is 4.50. The van der Waals surface area contributed by atoms with Crippen molar-refractivity contribution >= 4 is 43.8 Å². The Morgan fingerprint density at radius 2 is 1.68 bits per heavy atom. The van der Waals surface area contributed by atoms with Crippen LogP contribution in [0.25, 0.3) is 10.8 Å². The third-order valence-electron chi connectivity index (χ3n) is 3.80. The maximum absolute atomic E-state index is 13.3. The number of fused-ring (bicyclic) bond motifs is 1. The van der Waals surface area contributed by atoms with Crippen LogP contribution in [0.5, 0.6) is 0 Å². The van der Waals surface area contributed by atoms with Crippen LogP contribution >= 0.6 is 11.6 Å². The Morgan fingerprint density at radius 1 is 1.00 bits per heavy atom. The van der Waals surface area contributed by atoms with Crippen LogP contribution < -0.4 is 9.62 Å². The molecule has 1 N–H and O–H groups in total. The number of nitrogens with zero attached hydrogens (tertiary/aromatic N) is 1. The molecule has 0 aromatic heterocycles. The van der Waals surface area contributed by atoms with E-state index < -0.39 is 15.8 Å². The first kappa shape index (κ1) is 17.5. The first-order valence-electron chi connectivity index (χ1n) is 7.46. The normalized spacial score (nSPS) is 11.5. The van der Waals surface area contributed by atoms with Crippen LogP contribution in [0.2, 0.25) is 5.02 Å². The van der Waals surface area contributed by atoms with Crippen molar-refractivity contribution in [2.75, 3.05) is 23.7 Å². The van der Waals surface area contributed by atoms with Crippen LogP contribution in [0.15, 0.2) is 59.5 Å². The number of anilines is 2. The molecule has 0 heterocycles. The van der Waals surface area contributed by atoms with Crippen molar-refractivity contribution in [1.29, 1.82) is 0 Å². The minimum atomic E-state index is -3.86. The molecule has 3 aromatic carbocycles. The molecule has 0 saturated heterocycles. The molecular formula is C18H16ClFN2O2S. The second kappa shape index (κ2) is 6.54. The maximum Gasteiger partial charge on any atom is 0.262 e. The van der Waals surface area contributed by atoms with E-state index in [-0.39, 0.29) is 15.6 Å². The summed E-state index contributed by atoms with van der Waals surface area (Å²) in [5.74, 6) is -0.606. The molecule has 0 aliphatic rings. The van der Waals surface area contributed by atoms with E-state index in [2.05, 4.69) is 4.72 Å². The topological polar surface area (TPSA) is 49.4 Å². The number of nitrogens with one attached hydrogen (secondary N) is 1. The lowest BCUT2D eigenvalue weighted by Gasteiger charge is -2.17. The van der Waals surface area contributed by atoms with Gasteiger partial charge in [-0.15, -0.1) is 0 Å². The molecule has 130 valence electrons. The summed E-state index contributed by atoms with van der Waals surface area (Å²) in [6.07, 6.45) is 0. The van der Waals surface area contributed by atoms with E-state index in [4.69, 9.17) is 11.6 Å². The fraction of sp³-hybridized carbons (Fsp3) is 0.111. The van der Waals surface area contributed by atoms with E-state index in [0.717, 1.165) is 17.1 Å². The van der Waals surface area contributed by atoms with Gasteiger partial charge < -0.3 is 4.90 Å². The standard InChI is InChI=1S/C18H16ClFN2O2S/c1-22(2)17-7-3-6-14-13(17)5-4-8-18(14)25(23,24)21-12-9-10-16(20)15(19)11-12/h3-11,21H,1-2H3. The van der Waals surface area contributed by atoms with Gasteiger partial charge in [0.25, 0.3) is 10.0 Å². The van der Waals surface area contributed by atoms with Gasteiger partial charge in [-0.3, -0.25) is 4.72 Å². The van der Waals surface area contributed by atoms with Gasteiger partial charge in [0.05, 0.1) is 15.6 Å². The molecule has 0 spiro atoms. The first-order valence-corrected chi connectivity index (χ1v) is 9.32. The summed E-state index contributed by atoms with van der Waals surface area (Å²) in [5, 5.41) is 1.29. The predicted molar refractivity (Wildman–Crippen MR) is 100 cm³/mol. The molecule has 25 heavy (non-hydrogen) atoms. The number of rotatable bonds is 4. The Hall–Kier alpha value is -2.31. The Labute approximate surface area is 150 Å². The molecule has 4 nitrogen and oxygen atoms in total. The first-order chi connectivity index (χ1) is 11.8. The van der Waals surface area contributed by atoms with Crippen LogP contribution in [0.4, 0.5) is 15.8 Å². The van der Waals surface area contributed by atoms with Gasteiger partial charge in [0.15, 0.2) is 0 Å². The summed E-state index contributed by atoms with van der Waals surface area (Å²) in [6.45, 7) is 0. The summed E-state index contributed by atoms with van der Waals surface area (Å²) >= 11 is 5.72. The van der Waals surface area contributed by atoms with Gasteiger partial charge in [-0.2, -0.15) is 0 Å². The Bertz CT molecular complexity index is 1050. The van der Waals surface area contributed by atoms with Crippen LogP contribution in [-0.4, -0.2) is 22.5 Å². The van der Waals surface area contributed by atoms with E-state index in [1.165, 1.54) is 18.2 Å². The lowest BCUT2D eigenvalue weighted by molar-refractivity contribution is 0.602. The summed E-state index contributed by atoms with van der Waals surface area (Å²) in [5.41, 5.74) is 1.12. The second-order valence-electron chi connectivity index (χ2n) is 5.76. The number of hydrogen-bond acceptors (Lipinski definition) is 3. The van der Waals surface area contributed by atoms with E-state index in [0.29, 0.717) is 5.39 Å². The van der Waals surface area contributed by atoms with E-state index >= 15 is 0 Å². The Kier molecular flexibility index (Phi) is 4.58. The number of hydrogen-bond donors (Lipinski definition) is 1. The zero-order chi connectivity index (χ0) is 18.2. The molecule has 7 heteroatoms. The highest BCUT2D eigenvalue weighted by Gasteiger charge is 2.19. The smallest absolute Gasteiger partial charge is 0.262 e. The van der Waals surface area contributed by atoms with Crippen molar-refractivity contribution in [3.8, 4) is 0 Å². The highest BCUT2D eigenvalue weighted by Crippen LogP contribution is 2.31. The highest BCUT2D eigenvalue weighted by atomic mass is 35.5. The van der Waals surface area contributed by atoms with Crippen molar-refractivity contribution in [3.63, 3.8) is 0 Å². The van der Waals surface area contributed by atoms with Crippen LogP contribution in [0, 0.1) is 5.82 Å². The quantitative estimate of drug-likeness (QED) is 0.727. The monoisotopic (exact) mass is 378 g/mol. The minimum absolute atomic E-state index is 0.145. The second-order valence-corrected chi connectivity index (χ2v) is 7.82. The van der Waals surface area contributed by atoms with Gasteiger partial charge in [-0.25, -0.2) is 12.8 Å². The van der Waals surface area contributed by atoms with E-state index in [1.807, 2.05) is 37.2 Å². The highest BCUT2D eigenvalue weighted by molar-refractivity contribution is 7.93. The molecule has 0 saturated carbocycles. The molecule has 0 atom stereocenters. The fourth-order valence-electron chi connectivity index (χ4n) is 2.66. The number of halogens is 2.